The highest BCUT2D eigenvalue weighted by Gasteiger charge is 2.07. The molecule has 1 amide bonds. The predicted octanol–water partition coefficient (Wildman–Crippen LogP) is 5.07. The summed E-state index contributed by atoms with van der Waals surface area (Å²) in [6.45, 7) is 2.35. The van der Waals surface area contributed by atoms with Crippen molar-refractivity contribution in [1.29, 1.82) is 0 Å². The number of benzene rings is 3. The van der Waals surface area contributed by atoms with Gasteiger partial charge in [-0.2, -0.15) is 0 Å². The van der Waals surface area contributed by atoms with Crippen molar-refractivity contribution in [3.8, 4) is 16.9 Å². The molecule has 3 nitrogen and oxygen atoms in total. The van der Waals surface area contributed by atoms with Gasteiger partial charge in [0.2, 0.25) is 5.91 Å². The Hall–Kier alpha value is -3.07. The predicted molar refractivity (Wildman–Crippen MR) is 102 cm³/mol. The molecule has 0 saturated carbocycles. The molecule has 0 saturated heterocycles. The van der Waals surface area contributed by atoms with E-state index in [-0.39, 0.29) is 5.91 Å². The summed E-state index contributed by atoms with van der Waals surface area (Å²) >= 11 is 0. The molecule has 25 heavy (non-hydrogen) atoms. The van der Waals surface area contributed by atoms with E-state index in [0.717, 1.165) is 22.6 Å². The third-order valence-electron chi connectivity index (χ3n) is 3.89. The number of nitrogens with one attached hydrogen (secondary N) is 1. The lowest BCUT2D eigenvalue weighted by Gasteiger charge is -2.12. The fraction of sp³-hybridized carbons (Fsp3) is 0.136. The molecule has 3 heteroatoms. The zero-order valence-corrected chi connectivity index (χ0v) is 14.2. The molecule has 0 aliphatic carbocycles. The van der Waals surface area contributed by atoms with Gasteiger partial charge in [0.05, 0.1) is 13.0 Å². The van der Waals surface area contributed by atoms with Crippen LogP contribution in [0.5, 0.6) is 5.75 Å². The van der Waals surface area contributed by atoms with Crippen LogP contribution in [0.15, 0.2) is 78.9 Å². The summed E-state index contributed by atoms with van der Waals surface area (Å²) in [6, 6.07) is 25.7. The van der Waals surface area contributed by atoms with E-state index >= 15 is 0 Å². The largest absolute Gasteiger partial charge is 0.492 e. The Balaban J connectivity index is 1.57. The summed E-state index contributed by atoms with van der Waals surface area (Å²) in [6.07, 6.45) is 0.303. The number of hydrogen-bond donors (Lipinski definition) is 1. The van der Waals surface area contributed by atoms with Crippen molar-refractivity contribution in [2.45, 2.75) is 13.3 Å². The molecule has 0 aliphatic heterocycles. The molecule has 0 spiro atoms. The Labute approximate surface area is 148 Å². The van der Waals surface area contributed by atoms with Crippen LogP contribution in [0.4, 0.5) is 5.69 Å². The fourth-order valence-corrected chi connectivity index (χ4v) is 2.56. The minimum atomic E-state index is -0.0546. The lowest BCUT2D eigenvalue weighted by atomic mass is 10.1. The second-order valence-electron chi connectivity index (χ2n) is 5.87. The molecule has 3 aromatic carbocycles. The summed E-state index contributed by atoms with van der Waals surface area (Å²) in [5.41, 5.74) is 4.10. The maximum Gasteiger partial charge on any atom is 0.227 e. The van der Waals surface area contributed by atoms with Crippen molar-refractivity contribution < 1.29 is 9.53 Å². The molecule has 0 aliphatic rings. The quantitative estimate of drug-likeness (QED) is 0.685. The van der Waals surface area contributed by atoms with Crippen LogP contribution in [0.3, 0.4) is 0 Å². The zero-order valence-electron chi connectivity index (χ0n) is 14.2. The highest BCUT2D eigenvalue weighted by Crippen LogP contribution is 2.29. The number of hydrogen-bond acceptors (Lipinski definition) is 2. The third kappa shape index (κ3) is 4.70. The Morgan fingerprint density at radius 1 is 0.880 bits per heavy atom. The first-order valence-electron chi connectivity index (χ1n) is 8.36. The van der Waals surface area contributed by atoms with E-state index in [9.17, 15) is 4.79 Å². The van der Waals surface area contributed by atoms with Crippen LogP contribution in [-0.4, -0.2) is 12.5 Å². The van der Waals surface area contributed by atoms with Crippen molar-refractivity contribution in [3.05, 3.63) is 84.4 Å². The molecular weight excluding hydrogens is 310 g/mol. The van der Waals surface area contributed by atoms with Gasteiger partial charge in [-0.1, -0.05) is 66.2 Å². The molecule has 0 radical (unpaired) electrons. The van der Waals surface area contributed by atoms with Gasteiger partial charge < -0.3 is 10.1 Å². The number of ether oxygens (including phenoxy) is 1. The molecule has 1 N–H and O–H groups in total. The van der Waals surface area contributed by atoms with Gasteiger partial charge in [-0.15, -0.1) is 0 Å². The minimum Gasteiger partial charge on any atom is -0.492 e. The standard InChI is InChI=1S/C22H21NO2/c1-17-11-13-19(14-12-17)23-22(24)15-16-25-21-10-6-5-9-20(21)18-7-3-2-4-8-18/h2-14H,15-16H2,1H3,(H,23,24). The minimum absolute atomic E-state index is 0.0546. The zero-order chi connectivity index (χ0) is 17.5. The van der Waals surface area contributed by atoms with Gasteiger partial charge >= 0.3 is 0 Å². The van der Waals surface area contributed by atoms with E-state index in [4.69, 9.17) is 4.74 Å². The average molecular weight is 331 g/mol. The van der Waals surface area contributed by atoms with Crippen molar-refractivity contribution in [3.63, 3.8) is 0 Å². The van der Waals surface area contributed by atoms with Gasteiger partial charge in [0, 0.05) is 11.3 Å². The number of amides is 1. The monoisotopic (exact) mass is 331 g/mol. The SMILES string of the molecule is Cc1ccc(NC(=O)CCOc2ccccc2-c2ccccc2)cc1. The van der Waals surface area contributed by atoms with E-state index in [1.807, 2.05) is 85.8 Å². The second-order valence-corrected chi connectivity index (χ2v) is 5.87. The topological polar surface area (TPSA) is 38.3 Å². The van der Waals surface area contributed by atoms with Crippen LogP contribution in [0, 0.1) is 6.92 Å². The molecule has 3 rings (SSSR count). The van der Waals surface area contributed by atoms with E-state index in [0.29, 0.717) is 13.0 Å². The molecule has 0 bridgehead atoms. The second kappa shape index (κ2) is 8.15. The molecule has 0 aromatic heterocycles. The number of para-hydroxylation sites is 1. The summed E-state index contributed by atoms with van der Waals surface area (Å²) < 4.78 is 5.86. The Bertz CT molecular complexity index is 826. The summed E-state index contributed by atoms with van der Waals surface area (Å²) in [5.74, 6) is 0.734. The molecule has 126 valence electrons. The normalized spacial score (nSPS) is 10.3. The number of anilines is 1. The van der Waals surface area contributed by atoms with Gasteiger partial charge in [-0.05, 0) is 30.7 Å². The summed E-state index contributed by atoms with van der Waals surface area (Å²) in [5, 5.41) is 2.88. The first-order chi connectivity index (χ1) is 12.2. The van der Waals surface area contributed by atoms with Crippen LogP contribution < -0.4 is 10.1 Å². The number of carbonyl (C=O) groups is 1. The van der Waals surface area contributed by atoms with Crippen molar-refractivity contribution >= 4 is 11.6 Å². The maximum atomic E-state index is 12.1. The molecule has 0 heterocycles. The van der Waals surface area contributed by atoms with Gasteiger partial charge in [-0.3, -0.25) is 4.79 Å². The van der Waals surface area contributed by atoms with Gasteiger partial charge in [0.25, 0.3) is 0 Å². The van der Waals surface area contributed by atoms with E-state index < -0.39 is 0 Å². The van der Waals surface area contributed by atoms with Crippen LogP contribution in [0.2, 0.25) is 0 Å². The average Bonchev–Trinajstić information content (AvgIpc) is 2.65. The Morgan fingerprint density at radius 3 is 2.32 bits per heavy atom. The number of rotatable bonds is 6. The van der Waals surface area contributed by atoms with Gasteiger partial charge in [0.15, 0.2) is 0 Å². The molecule has 0 fully saturated rings. The summed E-state index contributed by atoms with van der Waals surface area (Å²) in [4.78, 5) is 12.1. The molecule has 0 unspecified atom stereocenters. The van der Waals surface area contributed by atoms with Gasteiger partial charge in [-0.25, -0.2) is 0 Å². The van der Waals surface area contributed by atoms with E-state index in [2.05, 4.69) is 5.32 Å². The first-order valence-corrected chi connectivity index (χ1v) is 8.36. The number of aryl methyl sites for hydroxylation is 1. The van der Waals surface area contributed by atoms with Crippen molar-refractivity contribution in [1.82, 2.24) is 0 Å². The lowest BCUT2D eigenvalue weighted by molar-refractivity contribution is -0.116. The first kappa shape index (κ1) is 16.8. The Morgan fingerprint density at radius 2 is 1.56 bits per heavy atom. The Kier molecular flexibility index (Phi) is 5.47. The summed E-state index contributed by atoms with van der Waals surface area (Å²) in [7, 11) is 0. The molecular formula is C22H21NO2. The maximum absolute atomic E-state index is 12.1. The molecule has 3 aromatic rings. The van der Waals surface area contributed by atoms with E-state index in [1.54, 1.807) is 0 Å². The van der Waals surface area contributed by atoms with Crippen LogP contribution in [-0.2, 0) is 4.79 Å². The smallest absolute Gasteiger partial charge is 0.227 e. The van der Waals surface area contributed by atoms with E-state index in [1.165, 1.54) is 5.56 Å². The number of carbonyl (C=O) groups excluding carboxylic acids is 1. The molecule has 0 atom stereocenters. The lowest BCUT2D eigenvalue weighted by Crippen LogP contribution is -2.15. The van der Waals surface area contributed by atoms with Crippen molar-refractivity contribution in [2.75, 3.05) is 11.9 Å². The third-order valence-corrected chi connectivity index (χ3v) is 3.89. The highest BCUT2D eigenvalue weighted by atomic mass is 16.5. The van der Waals surface area contributed by atoms with Crippen LogP contribution >= 0.6 is 0 Å². The van der Waals surface area contributed by atoms with Crippen LogP contribution in [0.1, 0.15) is 12.0 Å². The van der Waals surface area contributed by atoms with Gasteiger partial charge in [0.1, 0.15) is 5.75 Å². The van der Waals surface area contributed by atoms with Crippen LogP contribution in [0.25, 0.3) is 11.1 Å². The highest BCUT2D eigenvalue weighted by molar-refractivity contribution is 5.90. The fourth-order valence-electron chi connectivity index (χ4n) is 2.56. The van der Waals surface area contributed by atoms with Crippen molar-refractivity contribution in [2.24, 2.45) is 0 Å².